The van der Waals surface area contributed by atoms with Crippen LogP contribution >= 0.6 is 103 Å². The zero-order valence-corrected chi connectivity index (χ0v) is 97.7. The quantitative estimate of drug-likeness (QED) is 0.0366. The van der Waals surface area contributed by atoms with Gasteiger partial charge in [-0.25, -0.2) is 16.8 Å². The number of benzene rings is 12. The molecule has 12 aromatic carbocycles. The van der Waals surface area contributed by atoms with Crippen LogP contribution < -0.4 is 247 Å². The fourth-order valence-electron chi connectivity index (χ4n) is 13.2. The van der Waals surface area contributed by atoms with E-state index in [1.165, 1.54) is 192 Å². The molecule has 0 spiro atoms. The molecule has 0 fully saturated rings. The third-order valence-electron chi connectivity index (χ3n) is 18.4. The summed E-state index contributed by atoms with van der Waals surface area (Å²) in [6, 6.07) is 73.3. The van der Waals surface area contributed by atoms with E-state index in [0.29, 0.717) is 107 Å². The fourth-order valence-corrected chi connectivity index (χ4v) is 30.8. The van der Waals surface area contributed by atoms with Gasteiger partial charge in [0.05, 0.1) is 0 Å². The molecule has 0 saturated carbocycles. The zero-order chi connectivity index (χ0) is 81.9. The Kier molecular flexibility index (Phi) is 38.0. The number of nitrogens with zero attached hydrogens (tertiary/aromatic N) is 8. The summed E-state index contributed by atoms with van der Waals surface area (Å²) in [6.07, 6.45) is 0. The maximum atomic E-state index is 12.6. The molecule has 0 N–H and O–H groups in total. The predicted molar refractivity (Wildman–Crippen MR) is 448 cm³/mol. The molecular weight excluding hydrogens is 2060 g/mol. The first-order valence-corrected chi connectivity index (χ1v) is 55.0. The Hall–Kier alpha value is -0.490. The van der Waals surface area contributed by atoms with Crippen LogP contribution in [0.4, 0.5) is 11.6 Å². The van der Waals surface area contributed by atoms with Crippen LogP contribution in [0.3, 0.4) is 0 Å². The zero-order valence-electron chi connectivity index (χ0n) is 67.1. The van der Waals surface area contributed by atoms with E-state index in [9.17, 15) is 64.9 Å². The Morgan fingerprint density at radius 1 is 0.246 bits per heavy atom. The molecule has 0 radical (unpaired) electrons. The Morgan fingerprint density at radius 2 is 0.437 bits per heavy atom. The Bertz CT molecular complexity index is 7420. The fraction of sp³-hybridized carbons (Fsp3) is 0. The normalized spacial score (nSPS) is 12.9. The van der Waals surface area contributed by atoms with Crippen molar-refractivity contribution in [2.75, 3.05) is 0 Å². The standard InChI is InChI=1S/C80H45N8O15S13.ClH.In.8Na/c89-112(90,91)52-26-16-47(17-27-52)107-60-39-38-59(106-46-14-8-3-9-15-46)67-68(60)76-84-75(67)82-73-65-57(104-44-10-4-1-5-11-44)36-37-58(105-45-12-6-2-7-13-45)66(65)74(81-73)83-77-69-61(108-48-18-28-53(29-19-48)113(92,93)94)40-41-62(109-49-20-30-54(31-21-49)114(95,96)97)70(69)79(86-77)88-80-72-64(111-51-24-34-56(35-25-51)116(101,102)103)43-42-63(71(72)78(85-76)87-80)110-50-22-32-55(33-23-50)115(98,99)100;;;;;;;;;;/h4-43H,(H5-2,81,82,83,84,85,86,87,88,89,90,91,92,93,94,95,96,97,98,99,100,101,102,103);1H;;;;;;;;;/q-5;;+3;8*+1/p-6. The summed E-state index contributed by atoms with van der Waals surface area (Å²) in [5.41, 5.74) is 2.16. The van der Waals surface area contributed by atoms with Crippen molar-refractivity contribution in [3.05, 3.63) is 294 Å². The van der Waals surface area contributed by atoms with Crippen molar-refractivity contribution in [1.29, 1.82) is 0 Å². The van der Waals surface area contributed by atoms with Gasteiger partial charge in [0, 0.05) is 0 Å². The summed E-state index contributed by atoms with van der Waals surface area (Å²) in [6.45, 7) is 0. The minimum absolute atomic E-state index is 0. The number of fused-ring (bicyclic) bond motifs is 14. The minimum Gasteiger partial charge on any atom is 1.00 e. The molecule has 18 rings (SSSR count). The van der Waals surface area contributed by atoms with Crippen LogP contribution in [0.1, 0.15) is 22.3 Å². The molecule has 0 unspecified atom stereocenters. The third-order valence-corrected chi connectivity index (χ3v) is 39.0. The van der Waals surface area contributed by atoms with Crippen molar-refractivity contribution in [3.8, 4) is 0 Å². The molecule has 46 heteroatoms. The average Bonchev–Trinajstić information content (AvgIpc) is 1.53. The monoisotopic (exact) mass is 2100 g/mol. The number of halogens is 1. The second-order valence-corrected chi connectivity index (χ2v) is 48.9. The van der Waals surface area contributed by atoms with E-state index in [1.54, 1.807) is 54.6 Å². The molecule has 14 aromatic rings. The van der Waals surface area contributed by atoms with E-state index in [4.69, 9.17) is 38.5 Å². The summed E-state index contributed by atoms with van der Waals surface area (Å²) in [7, 11) is -15.6. The van der Waals surface area contributed by atoms with Crippen LogP contribution in [-0.4, -0.2) is 114 Å². The maximum Gasteiger partial charge on any atom is 1.00 e. The van der Waals surface area contributed by atoms with Gasteiger partial charge in [0.1, 0.15) is 0 Å². The third kappa shape index (κ3) is 23.1. The summed E-state index contributed by atoms with van der Waals surface area (Å²) in [4.78, 5) is 41.2. The number of aliphatic imine (C=N–C) groups is 4. The van der Waals surface area contributed by atoms with Crippen molar-refractivity contribution < 1.29 is 301 Å². The van der Waals surface area contributed by atoms with Crippen molar-refractivity contribution in [2.24, 2.45) is 30.0 Å². The van der Waals surface area contributed by atoms with Gasteiger partial charge < -0.3 is 9.11 Å². The van der Waals surface area contributed by atoms with Crippen molar-refractivity contribution in [3.63, 3.8) is 0 Å². The Labute approximate surface area is 946 Å². The smallest absolute Gasteiger partial charge is 1.00 e. The van der Waals surface area contributed by atoms with Crippen LogP contribution in [0.25, 0.3) is 21.5 Å². The van der Waals surface area contributed by atoms with Gasteiger partial charge in [-0.3, -0.25) is 0 Å². The van der Waals surface area contributed by atoms with Gasteiger partial charge in [0.2, 0.25) is 0 Å². The first-order chi connectivity index (χ1) is 56.5. The summed E-state index contributed by atoms with van der Waals surface area (Å²) >= 11 is 4.86. The molecule has 6 heterocycles. The number of aromatic nitrogens is 2. The largest absolute Gasteiger partial charge is 1.00 e. The van der Waals surface area contributed by atoms with Gasteiger partial charge in [-0.2, -0.15) is 0 Å². The van der Waals surface area contributed by atoms with Crippen LogP contribution in [0.2, 0.25) is 0 Å². The van der Waals surface area contributed by atoms with Crippen molar-refractivity contribution in [2.45, 2.75) is 103 Å². The maximum absolute atomic E-state index is 12.6. The molecule has 4 aliphatic heterocycles. The number of hydrogen-bond donors (Lipinski definition) is 0. The van der Waals surface area contributed by atoms with Crippen LogP contribution in [-0.2, 0) is 50.6 Å². The average molecular weight is 2100 g/mol. The first kappa shape index (κ1) is 108. The van der Waals surface area contributed by atoms with Gasteiger partial charge in [0.15, 0.2) is 0 Å². The molecule has 586 valence electrons. The predicted octanol–water partition coefficient (Wildman–Crippen LogP) is -7.68. The minimum atomic E-state index is -5.27. The molecule has 0 amide bonds. The van der Waals surface area contributed by atoms with E-state index in [2.05, 4.69) is 18.2 Å². The molecule has 6 bridgehead atoms. The van der Waals surface area contributed by atoms with Gasteiger partial charge >= 0.3 is 938 Å². The van der Waals surface area contributed by atoms with Gasteiger partial charge in [-0.1, -0.05) is 0 Å². The Balaban J connectivity index is 0.00000207. The summed E-state index contributed by atoms with van der Waals surface area (Å²) < 4.78 is 192. The molecule has 2 aromatic heterocycles. The topological polar surface area (TPSA) is 370 Å². The molecule has 23 nitrogen and oxygen atoms in total. The van der Waals surface area contributed by atoms with E-state index < -0.39 is 95.9 Å². The molecule has 0 atom stereocenters. The first-order valence-electron chi connectivity index (χ1n) is 34.3. The van der Waals surface area contributed by atoms with Crippen LogP contribution in [0.15, 0.2) is 375 Å². The molecule has 4 aliphatic rings. The van der Waals surface area contributed by atoms with Crippen molar-refractivity contribution in [1.82, 2.24) is 5.11 Å². The van der Waals surface area contributed by atoms with E-state index in [-0.39, 0.29) is 282 Å². The van der Waals surface area contributed by atoms with E-state index >= 15 is 0 Å². The number of hydrogen-bond acceptors (Lipinski definition) is 29. The van der Waals surface area contributed by atoms with E-state index in [1.807, 2.05) is 71.8 Å². The molecule has 0 saturated heterocycles. The Morgan fingerprint density at radius 3 is 0.659 bits per heavy atom. The number of rotatable bonds is 21. The molecule has 126 heavy (non-hydrogen) atoms. The second-order valence-electron chi connectivity index (χ2n) is 25.7. The molecule has 0 aliphatic carbocycles. The summed E-state index contributed by atoms with van der Waals surface area (Å²) in [5.74, 6) is 0.657. The van der Waals surface area contributed by atoms with Crippen molar-refractivity contribution >= 4 is 231 Å². The number of amidine groups is 4. The molecular formula is C80H40ClInN8Na8O15S13. The summed E-state index contributed by atoms with van der Waals surface area (Å²) in [5, 5.41) is 1.63. The second kappa shape index (κ2) is 44.5. The van der Waals surface area contributed by atoms with Gasteiger partial charge in [-0.15, -0.1) is 0 Å². The van der Waals surface area contributed by atoms with Crippen LogP contribution in [0, 0.1) is 18.2 Å². The van der Waals surface area contributed by atoms with Crippen LogP contribution in [0.5, 0.6) is 0 Å². The van der Waals surface area contributed by atoms with Gasteiger partial charge in [-0.05, 0) is 0 Å². The SMILES string of the molecule is O=S(=O)([O-])c1ccc(Sc2ccc(Sc3ccc(S(=O)(=O)[O-])cc3)c3c2C2=NC3=Nc3c4c(Sc5ccc(S(=O)(=O)[O-])cc5)ccc(Sc5ccc(S(=O)(=O)[O-])cc5)c4c4[n]3[In]([Cl])[n]3c(c5c(Sc6cc[c-]cc6)ccc(Sc6ccc(S(=O)(=O)[O-])cc6)c5c3=N2)=NC2=NC(=N4)c3c(Sc4cc[c-]cc4)ccc(Sc4cc[c-]cc4)c32)cc1.[Na+].[Na+].[Na+].[Na+].[Na+].[Na+].[Na+].[Na+]. The van der Waals surface area contributed by atoms with E-state index in [0.717, 1.165) is 38.2 Å². The van der Waals surface area contributed by atoms with Gasteiger partial charge in [0.25, 0.3) is 0 Å².